The molecule has 1 aromatic heterocycles. The highest BCUT2D eigenvalue weighted by Gasteiger charge is 2.33. The molecule has 118 valence electrons. The van der Waals surface area contributed by atoms with E-state index < -0.39 is 16.0 Å². The molecule has 0 spiro atoms. The highest BCUT2D eigenvalue weighted by molar-refractivity contribution is 7.91. The lowest BCUT2D eigenvalue weighted by Gasteiger charge is -2.34. The van der Waals surface area contributed by atoms with E-state index in [1.165, 1.54) is 9.82 Å². The molecule has 0 saturated carbocycles. The smallest absolute Gasteiger partial charge is 0.356 e. The minimum absolute atomic E-state index is 0.174. The fraction of sp³-hybridized carbons (Fsp3) is 0.667. The Morgan fingerprint density at radius 2 is 2.00 bits per heavy atom. The number of carboxylic acids is 1. The van der Waals surface area contributed by atoms with Gasteiger partial charge in [-0.25, -0.2) is 18.2 Å². The molecule has 2 heterocycles. The van der Waals surface area contributed by atoms with Gasteiger partial charge in [0.25, 0.3) is 10.0 Å². The van der Waals surface area contributed by atoms with Crippen LogP contribution in [0, 0.1) is 5.92 Å². The van der Waals surface area contributed by atoms with E-state index in [9.17, 15) is 13.2 Å². The van der Waals surface area contributed by atoms with Crippen molar-refractivity contribution in [3.8, 4) is 0 Å². The summed E-state index contributed by atoms with van der Waals surface area (Å²) in [6.45, 7) is 7.28. The molecular formula is C12H19N3O4S2. The van der Waals surface area contributed by atoms with E-state index in [0.717, 1.165) is 17.9 Å². The summed E-state index contributed by atoms with van der Waals surface area (Å²) < 4.78 is 26.2. The van der Waals surface area contributed by atoms with Crippen LogP contribution in [0.25, 0.3) is 0 Å². The molecule has 1 aliphatic heterocycles. The van der Waals surface area contributed by atoms with Gasteiger partial charge in [0.2, 0.25) is 0 Å². The summed E-state index contributed by atoms with van der Waals surface area (Å²) in [5.74, 6) is -0.776. The first kappa shape index (κ1) is 16.3. The van der Waals surface area contributed by atoms with E-state index in [1.54, 1.807) is 0 Å². The Hall–Kier alpha value is -1.03. The Labute approximate surface area is 128 Å². The molecule has 1 fully saturated rings. The quantitative estimate of drug-likeness (QED) is 0.857. The zero-order valence-corrected chi connectivity index (χ0v) is 13.7. The van der Waals surface area contributed by atoms with E-state index in [2.05, 4.69) is 23.7 Å². The molecule has 2 rings (SSSR count). The summed E-state index contributed by atoms with van der Waals surface area (Å²) in [6, 6.07) is 0. The SMILES string of the molecule is CC(C)CN1CCN(S(=O)(=O)c2scnc2C(=O)O)CC1. The Bertz CT molecular complexity index is 604. The minimum Gasteiger partial charge on any atom is -0.476 e. The number of piperazine rings is 1. The largest absolute Gasteiger partial charge is 0.476 e. The fourth-order valence-corrected chi connectivity index (χ4v) is 5.05. The molecule has 0 amide bonds. The monoisotopic (exact) mass is 333 g/mol. The van der Waals surface area contributed by atoms with E-state index in [4.69, 9.17) is 5.11 Å². The van der Waals surface area contributed by atoms with Gasteiger partial charge in [-0.2, -0.15) is 4.31 Å². The number of hydrogen-bond acceptors (Lipinski definition) is 6. The molecule has 1 saturated heterocycles. The number of rotatable bonds is 5. The number of aromatic nitrogens is 1. The van der Waals surface area contributed by atoms with E-state index in [-0.39, 0.29) is 9.90 Å². The summed E-state index contributed by atoms with van der Waals surface area (Å²) in [5.41, 5.74) is 0.871. The molecule has 1 aromatic rings. The first-order valence-corrected chi connectivity index (χ1v) is 9.03. The lowest BCUT2D eigenvalue weighted by atomic mass is 10.2. The Balaban J connectivity index is 2.12. The van der Waals surface area contributed by atoms with Crippen LogP contribution in [-0.2, 0) is 10.0 Å². The number of aromatic carboxylic acids is 1. The molecule has 0 unspecified atom stereocenters. The van der Waals surface area contributed by atoms with Crippen molar-refractivity contribution in [2.45, 2.75) is 18.1 Å². The highest BCUT2D eigenvalue weighted by atomic mass is 32.2. The number of nitrogens with zero attached hydrogens (tertiary/aromatic N) is 3. The zero-order chi connectivity index (χ0) is 15.6. The maximum atomic E-state index is 12.5. The van der Waals surface area contributed by atoms with Crippen molar-refractivity contribution in [3.05, 3.63) is 11.2 Å². The maximum Gasteiger partial charge on any atom is 0.356 e. The van der Waals surface area contributed by atoms with Crippen molar-refractivity contribution < 1.29 is 18.3 Å². The van der Waals surface area contributed by atoms with Gasteiger partial charge in [0.15, 0.2) is 9.90 Å². The Kier molecular flexibility index (Phi) is 4.97. The van der Waals surface area contributed by atoms with Crippen LogP contribution in [0.3, 0.4) is 0 Å². The molecular weight excluding hydrogens is 314 g/mol. The summed E-state index contributed by atoms with van der Waals surface area (Å²) in [4.78, 5) is 16.9. The third-order valence-corrected chi connectivity index (χ3v) is 6.51. The third kappa shape index (κ3) is 3.60. The van der Waals surface area contributed by atoms with Crippen LogP contribution >= 0.6 is 11.3 Å². The second kappa shape index (κ2) is 6.39. The highest BCUT2D eigenvalue weighted by Crippen LogP contribution is 2.25. The first-order chi connectivity index (χ1) is 9.82. The van der Waals surface area contributed by atoms with E-state index >= 15 is 0 Å². The molecule has 1 N–H and O–H groups in total. The van der Waals surface area contributed by atoms with E-state index in [1.807, 2.05) is 0 Å². The molecule has 7 nitrogen and oxygen atoms in total. The lowest BCUT2D eigenvalue weighted by molar-refractivity contribution is 0.0687. The average molecular weight is 333 g/mol. The van der Waals surface area contributed by atoms with Gasteiger partial charge in [-0.1, -0.05) is 13.8 Å². The van der Waals surface area contributed by atoms with Gasteiger partial charge in [-0.15, -0.1) is 11.3 Å². The third-order valence-electron chi connectivity index (χ3n) is 3.27. The normalized spacial score (nSPS) is 18.2. The predicted molar refractivity (Wildman–Crippen MR) is 79.1 cm³/mol. The Morgan fingerprint density at radius 1 is 1.38 bits per heavy atom. The topological polar surface area (TPSA) is 90.8 Å². The average Bonchev–Trinajstić information content (AvgIpc) is 2.88. The molecule has 0 atom stereocenters. The Morgan fingerprint density at radius 3 is 2.52 bits per heavy atom. The fourth-order valence-electron chi connectivity index (χ4n) is 2.35. The second-order valence-corrected chi connectivity index (χ2v) is 8.38. The molecule has 1 aliphatic rings. The van der Waals surface area contributed by atoms with Gasteiger partial charge in [-0.05, 0) is 5.92 Å². The molecule has 0 radical (unpaired) electrons. The van der Waals surface area contributed by atoms with Crippen LogP contribution in [0.15, 0.2) is 9.72 Å². The summed E-state index contributed by atoms with van der Waals surface area (Å²) in [6.07, 6.45) is 0. The van der Waals surface area contributed by atoms with Crippen LogP contribution < -0.4 is 0 Å². The molecule has 21 heavy (non-hydrogen) atoms. The number of hydrogen-bond donors (Lipinski definition) is 1. The first-order valence-electron chi connectivity index (χ1n) is 6.71. The van der Waals surface area contributed by atoms with Gasteiger partial charge >= 0.3 is 5.97 Å². The molecule has 9 heteroatoms. The second-order valence-electron chi connectivity index (χ2n) is 5.39. The standard InChI is InChI=1S/C12H19N3O4S2/c1-9(2)7-14-3-5-15(6-4-14)21(18,19)12-10(11(16)17)13-8-20-12/h8-9H,3-7H2,1-2H3,(H,16,17). The van der Waals surface area contributed by atoms with Crippen molar-refractivity contribution in [1.29, 1.82) is 0 Å². The molecule has 0 aromatic carbocycles. The van der Waals surface area contributed by atoms with Crippen molar-refractivity contribution in [2.75, 3.05) is 32.7 Å². The summed E-state index contributed by atoms with van der Waals surface area (Å²) in [5, 5.41) is 9.01. The molecule has 0 bridgehead atoms. The predicted octanol–water partition coefficient (Wildman–Crippen LogP) is 0.804. The van der Waals surface area contributed by atoms with Gasteiger partial charge in [0.05, 0.1) is 5.51 Å². The van der Waals surface area contributed by atoms with Crippen LogP contribution in [0.2, 0.25) is 0 Å². The maximum absolute atomic E-state index is 12.5. The van der Waals surface area contributed by atoms with Crippen molar-refractivity contribution in [1.82, 2.24) is 14.2 Å². The van der Waals surface area contributed by atoms with Gasteiger partial charge < -0.3 is 10.0 Å². The number of sulfonamides is 1. The van der Waals surface area contributed by atoms with Gasteiger partial charge in [0.1, 0.15) is 0 Å². The zero-order valence-electron chi connectivity index (χ0n) is 12.0. The lowest BCUT2D eigenvalue weighted by Crippen LogP contribution is -2.49. The molecule has 0 aliphatic carbocycles. The minimum atomic E-state index is -3.76. The van der Waals surface area contributed by atoms with Crippen molar-refractivity contribution in [2.24, 2.45) is 5.92 Å². The van der Waals surface area contributed by atoms with Crippen molar-refractivity contribution in [3.63, 3.8) is 0 Å². The van der Waals surface area contributed by atoms with Crippen LogP contribution in [0.4, 0.5) is 0 Å². The summed E-state index contributed by atoms with van der Waals surface area (Å²) >= 11 is 0.855. The van der Waals surface area contributed by atoms with Crippen LogP contribution in [-0.4, -0.2) is 66.4 Å². The summed E-state index contributed by atoms with van der Waals surface area (Å²) in [7, 11) is -3.76. The van der Waals surface area contributed by atoms with Crippen molar-refractivity contribution >= 4 is 27.3 Å². The number of thiazole rings is 1. The van der Waals surface area contributed by atoms with Crippen LogP contribution in [0.1, 0.15) is 24.3 Å². The van der Waals surface area contributed by atoms with E-state index in [0.29, 0.717) is 32.1 Å². The number of carboxylic acid groups (broad SMARTS) is 1. The van der Waals surface area contributed by atoms with Crippen LogP contribution in [0.5, 0.6) is 0 Å². The number of carbonyl (C=O) groups is 1. The van der Waals surface area contributed by atoms with Gasteiger partial charge in [0, 0.05) is 32.7 Å². The van der Waals surface area contributed by atoms with Gasteiger partial charge in [-0.3, -0.25) is 0 Å².